The molecular formula is C21H24N2O3. The summed E-state index contributed by atoms with van der Waals surface area (Å²) < 4.78 is 0. The number of aliphatic hydroxyl groups is 1. The van der Waals surface area contributed by atoms with Crippen molar-refractivity contribution in [2.45, 2.75) is 38.6 Å². The largest absolute Gasteiger partial charge is 0.396 e. The van der Waals surface area contributed by atoms with Crippen molar-refractivity contribution in [3.05, 3.63) is 42.0 Å². The van der Waals surface area contributed by atoms with Crippen LogP contribution in [0.1, 0.15) is 43.0 Å². The molecule has 1 aliphatic carbocycles. The molecule has 0 unspecified atom stereocenters. The molecule has 1 heterocycles. The first-order chi connectivity index (χ1) is 12.6. The number of anilines is 1. The average Bonchev–Trinajstić information content (AvgIpc) is 3.25. The molecular weight excluding hydrogens is 328 g/mol. The van der Waals surface area contributed by atoms with E-state index in [1.165, 1.54) is 0 Å². The molecule has 2 aromatic carbocycles. The Morgan fingerprint density at radius 2 is 1.92 bits per heavy atom. The Labute approximate surface area is 153 Å². The SMILES string of the molecule is C[C@H](C(=O)NCC1(CO)CCCC1)N1C(=O)c2cccc3cccc1c23. The first-order valence-corrected chi connectivity index (χ1v) is 9.30. The van der Waals surface area contributed by atoms with Crippen molar-refractivity contribution in [3.8, 4) is 0 Å². The van der Waals surface area contributed by atoms with Gasteiger partial charge in [0.2, 0.25) is 5.91 Å². The van der Waals surface area contributed by atoms with Crippen molar-refractivity contribution in [1.82, 2.24) is 5.32 Å². The summed E-state index contributed by atoms with van der Waals surface area (Å²) in [5.41, 5.74) is 1.25. The number of nitrogens with one attached hydrogen (secondary N) is 1. The van der Waals surface area contributed by atoms with Gasteiger partial charge >= 0.3 is 0 Å². The smallest absolute Gasteiger partial charge is 0.259 e. The molecule has 1 aliphatic heterocycles. The highest BCUT2D eigenvalue weighted by atomic mass is 16.3. The van der Waals surface area contributed by atoms with Gasteiger partial charge in [0.15, 0.2) is 0 Å². The minimum Gasteiger partial charge on any atom is -0.396 e. The molecule has 5 heteroatoms. The zero-order valence-corrected chi connectivity index (χ0v) is 15.0. The molecule has 5 nitrogen and oxygen atoms in total. The second-order valence-electron chi connectivity index (χ2n) is 7.61. The maximum Gasteiger partial charge on any atom is 0.259 e. The van der Waals surface area contributed by atoms with Crippen LogP contribution in [0.2, 0.25) is 0 Å². The Kier molecular flexibility index (Phi) is 4.19. The molecule has 0 aromatic heterocycles. The number of benzene rings is 2. The number of carbonyl (C=O) groups is 2. The minimum absolute atomic E-state index is 0.0923. The van der Waals surface area contributed by atoms with Crippen LogP contribution >= 0.6 is 0 Å². The van der Waals surface area contributed by atoms with Gasteiger partial charge in [-0.3, -0.25) is 14.5 Å². The molecule has 136 valence electrons. The van der Waals surface area contributed by atoms with Gasteiger partial charge in [0.05, 0.1) is 12.3 Å². The molecule has 4 rings (SSSR count). The lowest BCUT2D eigenvalue weighted by atomic mass is 9.87. The highest BCUT2D eigenvalue weighted by molar-refractivity contribution is 6.26. The Balaban J connectivity index is 1.55. The third kappa shape index (κ3) is 2.58. The van der Waals surface area contributed by atoms with Gasteiger partial charge in [0.1, 0.15) is 6.04 Å². The second kappa shape index (κ2) is 6.40. The maximum absolute atomic E-state index is 12.9. The third-order valence-electron chi connectivity index (χ3n) is 6.00. The molecule has 1 fully saturated rings. The van der Waals surface area contributed by atoms with Gasteiger partial charge in [0.25, 0.3) is 5.91 Å². The Morgan fingerprint density at radius 1 is 1.23 bits per heavy atom. The summed E-state index contributed by atoms with van der Waals surface area (Å²) >= 11 is 0. The molecule has 0 saturated heterocycles. The van der Waals surface area contributed by atoms with E-state index < -0.39 is 6.04 Å². The van der Waals surface area contributed by atoms with Crippen molar-refractivity contribution in [1.29, 1.82) is 0 Å². The first kappa shape index (κ1) is 17.0. The van der Waals surface area contributed by atoms with Gasteiger partial charge in [-0.2, -0.15) is 0 Å². The summed E-state index contributed by atoms with van der Waals surface area (Å²) in [5, 5.41) is 14.6. The van der Waals surface area contributed by atoms with Crippen LogP contribution in [-0.4, -0.2) is 36.1 Å². The zero-order chi connectivity index (χ0) is 18.3. The molecule has 2 amide bonds. The molecule has 2 aliphatic rings. The number of aliphatic hydroxyl groups excluding tert-OH is 1. The molecule has 2 N–H and O–H groups in total. The van der Waals surface area contributed by atoms with Crippen LogP contribution in [-0.2, 0) is 4.79 Å². The van der Waals surface area contributed by atoms with Crippen LogP contribution in [0.5, 0.6) is 0 Å². The fourth-order valence-corrected chi connectivity index (χ4v) is 4.38. The van der Waals surface area contributed by atoms with Crippen LogP contribution in [0, 0.1) is 5.41 Å². The van der Waals surface area contributed by atoms with Crippen LogP contribution < -0.4 is 10.2 Å². The van der Waals surface area contributed by atoms with Crippen LogP contribution in [0.4, 0.5) is 5.69 Å². The highest BCUT2D eigenvalue weighted by Gasteiger charge is 2.38. The van der Waals surface area contributed by atoms with E-state index >= 15 is 0 Å². The lowest BCUT2D eigenvalue weighted by Gasteiger charge is -2.29. The van der Waals surface area contributed by atoms with Gasteiger partial charge in [-0.05, 0) is 37.3 Å². The second-order valence-corrected chi connectivity index (χ2v) is 7.61. The number of carbonyl (C=O) groups excluding carboxylic acids is 2. The summed E-state index contributed by atoms with van der Waals surface area (Å²) in [6, 6.07) is 10.9. The minimum atomic E-state index is -0.599. The fraction of sp³-hybridized carbons (Fsp3) is 0.429. The number of nitrogens with zero attached hydrogens (tertiary/aromatic N) is 1. The van der Waals surface area contributed by atoms with E-state index in [4.69, 9.17) is 0 Å². The Hall–Kier alpha value is -2.40. The van der Waals surface area contributed by atoms with E-state index in [1.807, 2.05) is 36.4 Å². The van der Waals surface area contributed by atoms with Crippen molar-refractivity contribution in [2.75, 3.05) is 18.1 Å². The normalized spacial score (nSPS) is 19.2. The molecule has 0 bridgehead atoms. The Bertz CT molecular complexity index is 865. The van der Waals surface area contributed by atoms with Crippen molar-refractivity contribution < 1.29 is 14.7 Å². The van der Waals surface area contributed by atoms with E-state index in [0.717, 1.165) is 42.1 Å². The van der Waals surface area contributed by atoms with Gasteiger partial charge in [0, 0.05) is 22.9 Å². The summed E-state index contributed by atoms with van der Waals surface area (Å²) in [7, 11) is 0. The van der Waals surface area contributed by atoms with E-state index in [-0.39, 0.29) is 23.8 Å². The molecule has 0 spiro atoms. The number of hydrogen-bond donors (Lipinski definition) is 2. The molecule has 1 atom stereocenters. The topological polar surface area (TPSA) is 69.6 Å². The maximum atomic E-state index is 12.9. The summed E-state index contributed by atoms with van der Waals surface area (Å²) in [6.07, 6.45) is 4.05. The Morgan fingerprint density at radius 3 is 2.62 bits per heavy atom. The monoisotopic (exact) mass is 352 g/mol. The van der Waals surface area contributed by atoms with Gasteiger partial charge in [-0.1, -0.05) is 37.1 Å². The number of amides is 2. The average molecular weight is 352 g/mol. The standard InChI is InChI=1S/C21H24N2O3/c1-14(19(25)22-12-21(13-24)10-2-3-11-21)23-17-9-5-7-15-6-4-8-16(18(15)17)20(23)26/h4-9,14,24H,2-3,10-13H2,1H3,(H,22,25)/t14-/m1/s1. The van der Waals surface area contributed by atoms with Crippen LogP contribution in [0.15, 0.2) is 36.4 Å². The van der Waals surface area contributed by atoms with E-state index in [0.29, 0.717) is 12.1 Å². The first-order valence-electron chi connectivity index (χ1n) is 9.30. The van der Waals surface area contributed by atoms with E-state index in [9.17, 15) is 14.7 Å². The van der Waals surface area contributed by atoms with Gasteiger partial charge in [-0.25, -0.2) is 0 Å². The quantitative estimate of drug-likeness (QED) is 0.869. The summed E-state index contributed by atoms with van der Waals surface area (Å²) in [5.74, 6) is -0.305. The molecule has 1 saturated carbocycles. The van der Waals surface area contributed by atoms with E-state index in [2.05, 4.69) is 5.32 Å². The number of hydrogen-bond acceptors (Lipinski definition) is 3. The third-order valence-corrected chi connectivity index (χ3v) is 6.00. The predicted molar refractivity (Wildman–Crippen MR) is 101 cm³/mol. The zero-order valence-electron chi connectivity index (χ0n) is 15.0. The lowest BCUT2D eigenvalue weighted by Crippen LogP contribution is -2.49. The number of rotatable bonds is 5. The fourth-order valence-electron chi connectivity index (χ4n) is 4.38. The molecule has 26 heavy (non-hydrogen) atoms. The van der Waals surface area contributed by atoms with Crippen molar-refractivity contribution in [2.24, 2.45) is 5.41 Å². The van der Waals surface area contributed by atoms with E-state index in [1.54, 1.807) is 11.8 Å². The van der Waals surface area contributed by atoms with Crippen LogP contribution in [0.25, 0.3) is 10.8 Å². The summed E-state index contributed by atoms with van der Waals surface area (Å²) in [6.45, 7) is 2.32. The lowest BCUT2D eigenvalue weighted by molar-refractivity contribution is -0.122. The van der Waals surface area contributed by atoms with Gasteiger partial charge in [-0.15, -0.1) is 0 Å². The van der Waals surface area contributed by atoms with Gasteiger partial charge < -0.3 is 10.4 Å². The summed E-state index contributed by atoms with van der Waals surface area (Å²) in [4.78, 5) is 27.3. The van der Waals surface area contributed by atoms with Crippen LogP contribution in [0.3, 0.4) is 0 Å². The van der Waals surface area contributed by atoms with Crippen molar-refractivity contribution >= 4 is 28.3 Å². The predicted octanol–water partition coefficient (Wildman–Crippen LogP) is 2.86. The van der Waals surface area contributed by atoms with Crippen molar-refractivity contribution in [3.63, 3.8) is 0 Å². The molecule has 2 aromatic rings. The highest BCUT2D eigenvalue weighted by Crippen LogP contribution is 2.39. The molecule has 0 radical (unpaired) electrons.